The number of hydrogen-bond acceptors (Lipinski definition) is 6. The van der Waals surface area contributed by atoms with Crippen LogP contribution in [0.2, 0.25) is 0 Å². The molecule has 1 atom stereocenters. The Morgan fingerprint density at radius 2 is 1.90 bits per heavy atom. The molecule has 5 aromatic heterocycles. The molecule has 7 nitrogen and oxygen atoms in total. The van der Waals surface area contributed by atoms with E-state index < -0.39 is 10.0 Å². The van der Waals surface area contributed by atoms with Crippen molar-refractivity contribution in [2.45, 2.75) is 9.30 Å². The third-order valence-corrected chi connectivity index (χ3v) is 9.96. The van der Waals surface area contributed by atoms with E-state index in [0.29, 0.717) is 17.4 Å². The molecule has 0 saturated carbocycles. The van der Waals surface area contributed by atoms with E-state index in [4.69, 9.17) is 13.8 Å². The topological polar surface area (TPSA) is 96.0 Å². The van der Waals surface area contributed by atoms with Crippen molar-refractivity contribution >= 4 is 37.0 Å². The van der Waals surface area contributed by atoms with Crippen LogP contribution in [0.1, 0.15) is 17.4 Å². The number of aromatic amines is 2. The highest BCUT2D eigenvalue weighted by atomic mass is 32.3. The number of furan rings is 1. The maximum Gasteiger partial charge on any atom is 0.246 e. The SMILES string of the molecule is c1c[nH]c(C2=C(c3ncco3)N=C(c3ncc[nH]3)S2(c2ccco2)c2cccs2)c1. The van der Waals surface area contributed by atoms with Gasteiger partial charge in [0.25, 0.3) is 0 Å². The van der Waals surface area contributed by atoms with E-state index in [9.17, 15) is 0 Å². The van der Waals surface area contributed by atoms with Crippen LogP contribution in [0, 0.1) is 0 Å². The molecule has 6 rings (SSSR count). The highest BCUT2D eigenvalue weighted by Crippen LogP contribution is 2.77. The van der Waals surface area contributed by atoms with Crippen LogP contribution >= 0.6 is 21.4 Å². The van der Waals surface area contributed by atoms with Gasteiger partial charge in [0.05, 0.1) is 27.3 Å². The second-order valence-corrected chi connectivity index (χ2v) is 10.5. The molecule has 1 aliphatic rings. The summed E-state index contributed by atoms with van der Waals surface area (Å²) in [5, 5.41) is 3.70. The van der Waals surface area contributed by atoms with Crippen molar-refractivity contribution in [3.63, 3.8) is 0 Å². The monoisotopic (exact) mass is 433 g/mol. The van der Waals surface area contributed by atoms with Crippen LogP contribution in [0.5, 0.6) is 0 Å². The highest BCUT2D eigenvalue weighted by molar-refractivity contribution is 8.53. The summed E-state index contributed by atoms with van der Waals surface area (Å²) in [6.07, 6.45) is 10.3. The molecule has 0 fully saturated rings. The average molecular weight is 434 g/mol. The Kier molecular flexibility index (Phi) is 3.90. The van der Waals surface area contributed by atoms with Crippen LogP contribution in [0.3, 0.4) is 0 Å². The number of rotatable bonds is 5. The summed E-state index contributed by atoms with van der Waals surface area (Å²) in [6, 6.07) is 12.1. The van der Waals surface area contributed by atoms with Crippen LogP contribution in [-0.4, -0.2) is 25.0 Å². The predicted molar refractivity (Wildman–Crippen MR) is 116 cm³/mol. The Morgan fingerprint density at radius 1 is 0.900 bits per heavy atom. The molecule has 9 heteroatoms. The number of nitrogens with zero attached hydrogens (tertiary/aromatic N) is 3. The maximum atomic E-state index is 6.09. The molecule has 1 unspecified atom stereocenters. The minimum Gasteiger partial charge on any atom is -0.459 e. The number of aromatic nitrogens is 4. The summed E-state index contributed by atoms with van der Waals surface area (Å²) in [5.41, 5.74) is 1.61. The van der Waals surface area contributed by atoms with Crippen molar-refractivity contribution < 1.29 is 8.83 Å². The fraction of sp³-hybridized carbons (Fsp3) is 0. The molecule has 0 amide bonds. The number of aliphatic imine (C=N–C) groups is 1. The number of nitrogens with one attached hydrogen (secondary N) is 2. The zero-order valence-electron chi connectivity index (χ0n) is 15.5. The second kappa shape index (κ2) is 6.75. The molecular weight excluding hydrogens is 418 g/mol. The summed E-state index contributed by atoms with van der Waals surface area (Å²) in [5.74, 6) is 1.15. The first-order valence-electron chi connectivity index (χ1n) is 9.16. The normalized spacial score (nSPS) is 21.0. The molecule has 148 valence electrons. The standard InChI is InChI=1S/C21H15N5O2S2/c1-4-14(22-7-1)18-17(20-25-10-12-28-20)26-21(19-23-8-9-24-19)30(18,15-5-2-11-27-15)16-6-3-13-29-16/h1-13,22H,(H,23,24). The lowest BCUT2D eigenvalue weighted by Crippen LogP contribution is -2.14. The molecule has 0 spiro atoms. The van der Waals surface area contributed by atoms with Crippen LogP contribution in [0.4, 0.5) is 0 Å². The van der Waals surface area contributed by atoms with Gasteiger partial charge in [-0.3, -0.25) is 0 Å². The van der Waals surface area contributed by atoms with Gasteiger partial charge in [0.15, 0.2) is 10.9 Å². The summed E-state index contributed by atoms with van der Waals surface area (Å²) in [4.78, 5) is 21.6. The Labute approximate surface area is 176 Å². The predicted octanol–water partition coefficient (Wildman–Crippen LogP) is 5.59. The highest BCUT2D eigenvalue weighted by Gasteiger charge is 2.50. The van der Waals surface area contributed by atoms with Crippen molar-refractivity contribution in [2.75, 3.05) is 0 Å². The third kappa shape index (κ3) is 2.36. The summed E-state index contributed by atoms with van der Waals surface area (Å²) in [7, 11) is -2.08. The Balaban J connectivity index is 1.78. The van der Waals surface area contributed by atoms with E-state index in [1.807, 2.05) is 36.5 Å². The number of hydrogen-bond donors (Lipinski definition) is 2. The molecule has 0 radical (unpaired) electrons. The number of thiophene rings is 1. The maximum absolute atomic E-state index is 6.09. The summed E-state index contributed by atoms with van der Waals surface area (Å²) >= 11 is 1.67. The Hall–Kier alpha value is -3.56. The van der Waals surface area contributed by atoms with Crippen molar-refractivity contribution in [3.05, 3.63) is 96.5 Å². The molecular formula is C21H15N5O2S2. The van der Waals surface area contributed by atoms with Gasteiger partial charge in [-0.1, -0.05) is 16.1 Å². The quantitative estimate of drug-likeness (QED) is 0.378. The molecule has 0 saturated heterocycles. The average Bonchev–Trinajstić information content (AvgIpc) is 3.62. The van der Waals surface area contributed by atoms with Crippen molar-refractivity contribution in [1.29, 1.82) is 0 Å². The first kappa shape index (κ1) is 17.3. The molecule has 5 aromatic rings. The summed E-state index contributed by atoms with van der Waals surface area (Å²) in [6.45, 7) is 0. The van der Waals surface area contributed by atoms with Gasteiger partial charge < -0.3 is 18.8 Å². The number of H-pyrrole nitrogens is 2. The summed E-state index contributed by atoms with van der Waals surface area (Å²) < 4.78 is 12.9. The van der Waals surface area contributed by atoms with Crippen LogP contribution in [-0.2, 0) is 0 Å². The zero-order valence-corrected chi connectivity index (χ0v) is 17.1. The molecule has 2 N–H and O–H groups in total. The van der Waals surface area contributed by atoms with Gasteiger partial charge >= 0.3 is 0 Å². The van der Waals surface area contributed by atoms with Crippen LogP contribution in [0.25, 0.3) is 10.6 Å². The van der Waals surface area contributed by atoms with E-state index in [2.05, 4.69) is 31.4 Å². The van der Waals surface area contributed by atoms with Gasteiger partial charge in [0, 0.05) is 18.6 Å². The second-order valence-electron chi connectivity index (χ2n) is 6.43. The van der Waals surface area contributed by atoms with Gasteiger partial charge in [-0.15, -0.1) is 11.3 Å². The van der Waals surface area contributed by atoms with Crippen molar-refractivity contribution in [1.82, 2.24) is 19.9 Å². The minimum atomic E-state index is -2.08. The molecule has 0 aromatic carbocycles. The van der Waals surface area contributed by atoms with Crippen LogP contribution < -0.4 is 0 Å². The fourth-order valence-electron chi connectivity index (χ4n) is 3.66. The smallest absolute Gasteiger partial charge is 0.246 e. The van der Waals surface area contributed by atoms with E-state index in [-0.39, 0.29) is 0 Å². The molecule has 30 heavy (non-hydrogen) atoms. The van der Waals surface area contributed by atoms with E-state index in [0.717, 1.165) is 24.9 Å². The first-order chi connectivity index (χ1) is 14.9. The minimum absolute atomic E-state index is 0.459. The molecule has 0 aliphatic carbocycles. The molecule has 0 bridgehead atoms. The van der Waals surface area contributed by atoms with E-state index in [1.54, 1.807) is 42.5 Å². The first-order valence-corrected chi connectivity index (χ1v) is 11.7. The molecule has 1 aliphatic heterocycles. The lowest BCUT2D eigenvalue weighted by Gasteiger charge is -2.35. The Morgan fingerprint density at radius 3 is 2.57 bits per heavy atom. The van der Waals surface area contributed by atoms with Gasteiger partial charge in [0.2, 0.25) is 5.89 Å². The van der Waals surface area contributed by atoms with Crippen LogP contribution in [0.15, 0.2) is 102 Å². The lowest BCUT2D eigenvalue weighted by molar-refractivity contribution is 0.472. The number of oxazole rings is 1. The van der Waals surface area contributed by atoms with Gasteiger partial charge in [0.1, 0.15) is 17.0 Å². The lowest BCUT2D eigenvalue weighted by atomic mass is 10.3. The van der Waals surface area contributed by atoms with Gasteiger partial charge in [-0.2, -0.15) is 0 Å². The van der Waals surface area contributed by atoms with Gasteiger partial charge in [-0.25, -0.2) is 15.0 Å². The Bertz CT molecular complexity index is 1280. The van der Waals surface area contributed by atoms with Crippen molar-refractivity contribution in [3.8, 4) is 0 Å². The van der Waals surface area contributed by atoms with Crippen molar-refractivity contribution in [2.24, 2.45) is 4.99 Å². The van der Waals surface area contributed by atoms with Gasteiger partial charge in [-0.05, 0) is 35.7 Å². The third-order valence-electron chi connectivity index (χ3n) is 4.80. The number of imidazole rings is 1. The van der Waals surface area contributed by atoms with E-state index in [1.165, 1.54) is 0 Å². The fourth-order valence-corrected chi connectivity index (χ4v) is 9.03. The zero-order chi connectivity index (χ0) is 20.0. The molecule has 6 heterocycles. The largest absolute Gasteiger partial charge is 0.459 e. The van der Waals surface area contributed by atoms with E-state index >= 15 is 0 Å².